The first-order valence-electron chi connectivity index (χ1n) is 12.1. The Morgan fingerprint density at radius 2 is 1.84 bits per heavy atom. The van der Waals surface area contributed by atoms with Gasteiger partial charge in [0.15, 0.2) is 5.43 Å². The summed E-state index contributed by atoms with van der Waals surface area (Å²) in [4.78, 5) is 25.2. The van der Waals surface area contributed by atoms with Crippen LogP contribution in [0.25, 0.3) is 28.0 Å². The van der Waals surface area contributed by atoms with Gasteiger partial charge in [0.25, 0.3) is 0 Å². The van der Waals surface area contributed by atoms with Crippen molar-refractivity contribution in [3.8, 4) is 22.8 Å². The van der Waals surface area contributed by atoms with Crippen LogP contribution in [0.3, 0.4) is 0 Å². The minimum atomic E-state index is -1.02. The standard InChI is InChI=1S/C30H27N3O5/c1-17-13-22(19(3)32-24-10-6-5-9-21(24)30(35)36)29-23(14-17)27(34)18(2)28(38-29)20-15-31-33(16-20)25-11-7-8-12-26(25)37-4/h5-16,19,32H,1-4H3,(H,35,36). The van der Waals surface area contributed by atoms with Crippen molar-refractivity contribution in [2.75, 3.05) is 12.4 Å². The second kappa shape index (κ2) is 9.89. The lowest BCUT2D eigenvalue weighted by Crippen LogP contribution is -2.14. The molecule has 2 N–H and O–H groups in total. The van der Waals surface area contributed by atoms with Gasteiger partial charge in [0.1, 0.15) is 22.8 Å². The van der Waals surface area contributed by atoms with Crippen molar-refractivity contribution < 1.29 is 19.1 Å². The molecule has 38 heavy (non-hydrogen) atoms. The number of carboxylic acid groups (broad SMARTS) is 1. The fraction of sp³-hybridized carbons (Fsp3) is 0.167. The normalized spacial score (nSPS) is 11.9. The summed E-state index contributed by atoms with van der Waals surface area (Å²) in [6.07, 6.45) is 3.45. The number of carboxylic acids is 1. The largest absolute Gasteiger partial charge is 0.494 e. The van der Waals surface area contributed by atoms with Gasteiger partial charge in [0, 0.05) is 23.0 Å². The van der Waals surface area contributed by atoms with Crippen LogP contribution in [0.1, 0.15) is 40.0 Å². The fourth-order valence-electron chi connectivity index (χ4n) is 4.66. The zero-order chi connectivity index (χ0) is 27.0. The molecule has 5 rings (SSSR count). The summed E-state index contributed by atoms with van der Waals surface area (Å²) in [6.45, 7) is 5.57. The van der Waals surface area contributed by atoms with Crippen molar-refractivity contribution in [3.63, 3.8) is 0 Å². The lowest BCUT2D eigenvalue weighted by molar-refractivity contribution is 0.0698. The van der Waals surface area contributed by atoms with E-state index in [1.54, 1.807) is 55.4 Å². The Labute approximate surface area is 219 Å². The molecule has 0 amide bonds. The van der Waals surface area contributed by atoms with Gasteiger partial charge in [0.2, 0.25) is 0 Å². The summed E-state index contributed by atoms with van der Waals surface area (Å²) >= 11 is 0. The third-order valence-electron chi connectivity index (χ3n) is 6.56. The molecule has 2 aromatic heterocycles. The SMILES string of the molecule is COc1ccccc1-n1cc(-c2oc3c(C(C)Nc4ccccc4C(=O)O)cc(C)cc3c(=O)c2C)cn1. The van der Waals surface area contributed by atoms with Crippen LogP contribution in [0.4, 0.5) is 5.69 Å². The van der Waals surface area contributed by atoms with Gasteiger partial charge in [-0.3, -0.25) is 4.79 Å². The van der Waals surface area contributed by atoms with Crippen LogP contribution >= 0.6 is 0 Å². The van der Waals surface area contributed by atoms with Crippen molar-refractivity contribution in [2.45, 2.75) is 26.8 Å². The Hall–Kier alpha value is -4.85. The van der Waals surface area contributed by atoms with Crippen LogP contribution in [0, 0.1) is 13.8 Å². The topological polar surface area (TPSA) is 107 Å². The van der Waals surface area contributed by atoms with E-state index in [9.17, 15) is 14.7 Å². The molecule has 1 atom stereocenters. The van der Waals surface area contributed by atoms with Crippen LogP contribution in [0.2, 0.25) is 0 Å². The van der Waals surface area contributed by atoms with E-state index in [2.05, 4.69) is 10.4 Å². The predicted molar refractivity (Wildman–Crippen MR) is 147 cm³/mol. The number of carbonyl (C=O) groups is 1. The molecule has 2 heterocycles. The van der Waals surface area contributed by atoms with E-state index in [1.807, 2.05) is 50.2 Å². The highest BCUT2D eigenvalue weighted by atomic mass is 16.5. The molecular weight excluding hydrogens is 482 g/mol. The van der Waals surface area contributed by atoms with Crippen molar-refractivity contribution >= 4 is 22.6 Å². The van der Waals surface area contributed by atoms with Gasteiger partial charge in [0.05, 0.1) is 35.9 Å². The second-order valence-corrected chi connectivity index (χ2v) is 9.18. The van der Waals surface area contributed by atoms with Crippen molar-refractivity contribution in [1.29, 1.82) is 0 Å². The van der Waals surface area contributed by atoms with Crippen LogP contribution in [0.5, 0.6) is 5.75 Å². The number of ether oxygens (including phenoxy) is 1. The molecule has 0 radical (unpaired) electrons. The molecule has 192 valence electrons. The summed E-state index contributed by atoms with van der Waals surface area (Å²) in [5.41, 5.74) is 4.49. The van der Waals surface area contributed by atoms with Gasteiger partial charge in [-0.15, -0.1) is 0 Å². The first-order chi connectivity index (χ1) is 18.3. The number of hydrogen-bond acceptors (Lipinski definition) is 6. The van der Waals surface area contributed by atoms with Crippen molar-refractivity contribution in [3.05, 3.63) is 106 Å². The molecule has 0 aliphatic carbocycles. The Balaban J connectivity index is 1.63. The lowest BCUT2D eigenvalue weighted by atomic mass is 9.99. The maximum atomic E-state index is 13.5. The zero-order valence-electron chi connectivity index (χ0n) is 21.5. The van der Waals surface area contributed by atoms with E-state index < -0.39 is 5.97 Å². The number of rotatable bonds is 7. The maximum Gasteiger partial charge on any atom is 0.337 e. The second-order valence-electron chi connectivity index (χ2n) is 9.18. The van der Waals surface area contributed by atoms with Gasteiger partial charge in [-0.25, -0.2) is 9.48 Å². The van der Waals surface area contributed by atoms with Gasteiger partial charge >= 0.3 is 5.97 Å². The summed E-state index contributed by atoms with van der Waals surface area (Å²) in [5, 5.41) is 17.8. The molecule has 0 aliphatic rings. The van der Waals surface area contributed by atoms with Gasteiger partial charge < -0.3 is 19.6 Å². The first kappa shape index (κ1) is 24.8. The number of methoxy groups -OCH3 is 1. The van der Waals surface area contributed by atoms with E-state index in [1.165, 1.54) is 0 Å². The van der Waals surface area contributed by atoms with Gasteiger partial charge in [-0.05, 0) is 56.7 Å². The highest BCUT2D eigenvalue weighted by Crippen LogP contribution is 2.33. The Kier molecular flexibility index (Phi) is 6.46. The number of anilines is 1. The third kappa shape index (κ3) is 4.41. The predicted octanol–water partition coefficient (Wildman–Crippen LogP) is 6.14. The number of para-hydroxylation sites is 3. The Morgan fingerprint density at radius 1 is 1.11 bits per heavy atom. The summed E-state index contributed by atoms with van der Waals surface area (Å²) in [7, 11) is 1.60. The monoisotopic (exact) mass is 509 g/mol. The number of aryl methyl sites for hydroxylation is 1. The number of fused-ring (bicyclic) bond motifs is 1. The number of nitrogens with zero attached hydrogens (tertiary/aromatic N) is 2. The van der Waals surface area contributed by atoms with Crippen LogP contribution in [-0.4, -0.2) is 28.0 Å². The van der Waals surface area contributed by atoms with Crippen LogP contribution in [0.15, 0.2) is 82.3 Å². The minimum absolute atomic E-state index is 0.130. The van der Waals surface area contributed by atoms with Crippen molar-refractivity contribution in [2.24, 2.45) is 0 Å². The molecule has 0 saturated heterocycles. The van der Waals surface area contributed by atoms with Crippen molar-refractivity contribution in [1.82, 2.24) is 9.78 Å². The summed E-state index contributed by atoms with van der Waals surface area (Å²) < 4.78 is 13.6. The molecule has 0 bridgehead atoms. The van der Waals surface area contributed by atoms with E-state index >= 15 is 0 Å². The fourth-order valence-corrected chi connectivity index (χ4v) is 4.66. The average molecular weight is 510 g/mol. The van der Waals surface area contributed by atoms with Gasteiger partial charge in [-0.1, -0.05) is 30.3 Å². The van der Waals surface area contributed by atoms with E-state index in [0.717, 1.165) is 16.8 Å². The Bertz CT molecular complexity index is 1730. The molecule has 0 aliphatic heterocycles. The smallest absolute Gasteiger partial charge is 0.337 e. The van der Waals surface area contributed by atoms with Crippen LogP contribution < -0.4 is 15.5 Å². The lowest BCUT2D eigenvalue weighted by Gasteiger charge is -2.19. The molecule has 5 aromatic rings. The van der Waals surface area contributed by atoms with E-state index in [0.29, 0.717) is 39.3 Å². The maximum absolute atomic E-state index is 13.5. The molecule has 8 heteroatoms. The van der Waals surface area contributed by atoms with E-state index in [-0.39, 0.29) is 17.0 Å². The molecule has 0 saturated carbocycles. The first-order valence-corrected chi connectivity index (χ1v) is 12.1. The van der Waals surface area contributed by atoms with Gasteiger partial charge in [-0.2, -0.15) is 5.10 Å². The molecular formula is C30H27N3O5. The molecule has 8 nitrogen and oxygen atoms in total. The molecule has 0 spiro atoms. The molecule has 0 fully saturated rings. The Morgan fingerprint density at radius 3 is 2.61 bits per heavy atom. The number of aromatic carboxylic acids is 1. The minimum Gasteiger partial charge on any atom is -0.494 e. The molecule has 3 aromatic carbocycles. The quantitative estimate of drug-likeness (QED) is 0.271. The number of nitrogens with one attached hydrogen (secondary N) is 1. The summed E-state index contributed by atoms with van der Waals surface area (Å²) in [6, 6.07) is 17.7. The van der Waals surface area contributed by atoms with Crippen LogP contribution in [-0.2, 0) is 0 Å². The zero-order valence-corrected chi connectivity index (χ0v) is 21.5. The number of benzene rings is 3. The highest BCUT2D eigenvalue weighted by molar-refractivity contribution is 5.94. The highest BCUT2D eigenvalue weighted by Gasteiger charge is 2.21. The number of hydrogen-bond donors (Lipinski definition) is 2. The third-order valence-corrected chi connectivity index (χ3v) is 6.56. The van der Waals surface area contributed by atoms with E-state index in [4.69, 9.17) is 9.15 Å². The average Bonchev–Trinajstić information content (AvgIpc) is 3.40. The summed E-state index contributed by atoms with van der Waals surface area (Å²) in [5.74, 6) is 0.0657. The number of aromatic nitrogens is 2. The molecule has 1 unspecified atom stereocenters.